The first kappa shape index (κ1) is 24.8. The normalized spacial score (nSPS) is 14.6. The molecule has 1 aromatic carbocycles. The van der Waals surface area contributed by atoms with Gasteiger partial charge in [-0.1, -0.05) is 74.4 Å². The van der Waals surface area contributed by atoms with Crippen molar-refractivity contribution in [2.24, 2.45) is 5.92 Å². The van der Waals surface area contributed by atoms with E-state index in [4.69, 9.17) is 19.2 Å². The Bertz CT molecular complexity index is 1580. The summed E-state index contributed by atoms with van der Waals surface area (Å²) in [6.45, 7) is 6.94. The number of fused-ring (bicyclic) bond motifs is 3. The van der Waals surface area contributed by atoms with Gasteiger partial charge in [0.2, 0.25) is 5.88 Å². The molecule has 1 aliphatic carbocycles. The molecule has 4 heterocycles. The Labute approximate surface area is 225 Å². The smallest absolute Gasteiger partial charge is 0.214 e. The fourth-order valence-corrected chi connectivity index (χ4v) is 5.98. The summed E-state index contributed by atoms with van der Waals surface area (Å²) in [5, 5.41) is 4.07. The lowest BCUT2D eigenvalue weighted by molar-refractivity contribution is -0.117. The summed E-state index contributed by atoms with van der Waals surface area (Å²) in [4.78, 5) is 24.0. The largest absolute Gasteiger partial charge is 0.477 e. The third-order valence-electron chi connectivity index (χ3n) is 7.20. The number of hydrogen-bond donors (Lipinski definition) is 0. The third kappa shape index (κ3) is 5.23. The number of nitrogens with zero attached hydrogens (tertiary/aromatic N) is 4. The number of Topliss-reactive ketones (excluding diaryl/α,β-unsaturated/α-hetero) is 1. The molecule has 4 aromatic heterocycles. The number of benzene rings is 1. The standard InChI is InChI=1S/C30H32N4O3S/c1-30(2,3)26-16-22(33-37-26)15-23(35)14-19-8-10-21(11-9-19)24-17-34-25-12-13-27(32-28(25)38-29(34)31-24)36-18-20-6-4-5-7-20/h8-13,16-17,20H,4-7,14-15,18H2,1-3H3. The van der Waals surface area contributed by atoms with E-state index in [1.807, 2.05) is 42.6 Å². The fourth-order valence-electron chi connectivity index (χ4n) is 5.00. The zero-order valence-electron chi connectivity index (χ0n) is 22.1. The van der Waals surface area contributed by atoms with Crippen molar-refractivity contribution < 1.29 is 14.1 Å². The highest BCUT2D eigenvalue weighted by Gasteiger charge is 2.21. The van der Waals surface area contributed by atoms with Gasteiger partial charge in [-0.2, -0.15) is 0 Å². The van der Waals surface area contributed by atoms with E-state index in [0.29, 0.717) is 23.9 Å². The number of ether oxygens (including phenoxy) is 1. The maximum atomic E-state index is 12.6. The summed E-state index contributed by atoms with van der Waals surface area (Å²) >= 11 is 1.57. The number of aromatic nitrogens is 4. The average Bonchev–Trinajstić information content (AvgIpc) is 3.67. The van der Waals surface area contributed by atoms with E-state index in [-0.39, 0.29) is 17.6 Å². The Kier molecular flexibility index (Phi) is 6.51. The van der Waals surface area contributed by atoms with Crippen molar-refractivity contribution in [2.75, 3.05) is 6.61 Å². The molecule has 0 unspecified atom stereocenters. The minimum atomic E-state index is -0.125. The SMILES string of the molecule is CC(C)(C)c1cc(CC(=O)Cc2ccc(-c3cn4c(n3)sc3nc(OCC5CCCC5)ccc34)cc2)no1. The number of rotatable bonds is 8. The lowest BCUT2D eigenvalue weighted by Crippen LogP contribution is -2.09. The van der Waals surface area contributed by atoms with E-state index >= 15 is 0 Å². The minimum Gasteiger partial charge on any atom is -0.477 e. The predicted octanol–water partition coefficient (Wildman–Crippen LogP) is 6.82. The maximum Gasteiger partial charge on any atom is 0.214 e. The second-order valence-corrected chi connectivity index (χ2v) is 12.3. The van der Waals surface area contributed by atoms with Crippen LogP contribution in [0, 0.1) is 5.92 Å². The predicted molar refractivity (Wildman–Crippen MR) is 149 cm³/mol. The Morgan fingerprint density at radius 1 is 1.08 bits per heavy atom. The Balaban J connectivity index is 1.11. The summed E-state index contributed by atoms with van der Waals surface area (Å²) in [5.74, 6) is 2.26. The van der Waals surface area contributed by atoms with E-state index in [9.17, 15) is 4.79 Å². The van der Waals surface area contributed by atoms with Gasteiger partial charge in [0.15, 0.2) is 4.96 Å². The number of thiazole rings is 1. The van der Waals surface area contributed by atoms with Crippen molar-refractivity contribution in [3.63, 3.8) is 0 Å². The number of pyridine rings is 1. The van der Waals surface area contributed by atoms with Gasteiger partial charge >= 0.3 is 0 Å². The summed E-state index contributed by atoms with van der Waals surface area (Å²) in [6.07, 6.45) is 7.83. The maximum absolute atomic E-state index is 12.6. The van der Waals surface area contributed by atoms with Crippen LogP contribution in [0.3, 0.4) is 0 Å². The molecular weight excluding hydrogens is 496 g/mol. The van der Waals surface area contributed by atoms with Crippen molar-refractivity contribution in [1.29, 1.82) is 0 Å². The number of hydrogen-bond acceptors (Lipinski definition) is 7. The van der Waals surface area contributed by atoms with Gasteiger partial charge in [-0.05, 0) is 30.4 Å². The van der Waals surface area contributed by atoms with Crippen molar-refractivity contribution in [1.82, 2.24) is 19.5 Å². The summed E-state index contributed by atoms with van der Waals surface area (Å²) < 4.78 is 13.5. The highest BCUT2D eigenvalue weighted by atomic mass is 32.1. The van der Waals surface area contributed by atoms with Crippen molar-refractivity contribution in [3.05, 3.63) is 65.7 Å². The molecule has 38 heavy (non-hydrogen) atoms. The van der Waals surface area contributed by atoms with Gasteiger partial charge < -0.3 is 9.26 Å². The Hall–Kier alpha value is -3.52. The van der Waals surface area contributed by atoms with Crippen LogP contribution in [0.4, 0.5) is 0 Å². The molecule has 6 rings (SSSR count). The summed E-state index contributed by atoms with van der Waals surface area (Å²) in [6, 6.07) is 14.0. The van der Waals surface area contributed by atoms with Gasteiger partial charge in [-0.15, -0.1) is 0 Å². The topological polar surface area (TPSA) is 82.5 Å². The Morgan fingerprint density at radius 3 is 2.61 bits per heavy atom. The quantitative estimate of drug-likeness (QED) is 0.220. The van der Waals surface area contributed by atoms with Crippen molar-refractivity contribution >= 4 is 32.4 Å². The van der Waals surface area contributed by atoms with Gasteiger partial charge in [0, 0.05) is 35.7 Å². The first-order chi connectivity index (χ1) is 18.3. The molecule has 5 aromatic rings. The van der Waals surface area contributed by atoms with Gasteiger partial charge in [0.05, 0.1) is 29.9 Å². The van der Waals surface area contributed by atoms with Crippen LogP contribution >= 0.6 is 11.3 Å². The summed E-state index contributed by atoms with van der Waals surface area (Å²) in [5.41, 5.74) is 4.47. The second-order valence-electron chi connectivity index (χ2n) is 11.3. The number of ketones is 1. The average molecular weight is 529 g/mol. The van der Waals surface area contributed by atoms with Crippen LogP contribution in [0.15, 0.2) is 53.2 Å². The van der Waals surface area contributed by atoms with E-state index in [1.54, 1.807) is 11.3 Å². The minimum absolute atomic E-state index is 0.111. The monoisotopic (exact) mass is 528 g/mol. The molecule has 1 fully saturated rings. The van der Waals surface area contributed by atoms with Crippen LogP contribution in [0.5, 0.6) is 5.88 Å². The van der Waals surface area contributed by atoms with Crippen LogP contribution < -0.4 is 4.74 Å². The molecule has 0 aliphatic heterocycles. The van der Waals surface area contributed by atoms with Crippen LogP contribution in [-0.2, 0) is 23.1 Å². The van der Waals surface area contributed by atoms with Crippen LogP contribution in [0.1, 0.15) is 63.5 Å². The van der Waals surface area contributed by atoms with Crippen LogP contribution in [0.2, 0.25) is 0 Å². The molecule has 0 atom stereocenters. The van der Waals surface area contributed by atoms with Gasteiger partial charge in [-0.3, -0.25) is 9.20 Å². The van der Waals surface area contributed by atoms with Crippen molar-refractivity contribution in [3.8, 4) is 17.1 Å². The van der Waals surface area contributed by atoms with Gasteiger partial charge in [0.1, 0.15) is 16.4 Å². The molecular formula is C30H32N4O3S. The van der Waals surface area contributed by atoms with Crippen molar-refractivity contribution in [2.45, 2.75) is 64.7 Å². The molecule has 0 bridgehead atoms. The molecule has 196 valence electrons. The Morgan fingerprint density at radius 2 is 1.87 bits per heavy atom. The number of carbonyl (C=O) groups excluding carboxylic acids is 1. The van der Waals surface area contributed by atoms with Gasteiger partial charge in [0.25, 0.3) is 0 Å². The summed E-state index contributed by atoms with van der Waals surface area (Å²) in [7, 11) is 0. The highest BCUT2D eigenvalue weighted by Crippen LogP contribution is 2.31. The third-order valence-corrected chi connectivity index (χ3v) is 8.17. The van der Waals surface area contributed by atoms with E-state index < -0.39 is 0 Å². The lowest BCUT2D eigenvalue weighted by Gasteiger charge is -2.12. The molecule has 7 nitrogen and oxygen atoms in total. The molecule has 0 spiro atoms. The highest BCUT2D eigenvalue weighted by molar-refractivity contribution is 7.23. The lowest BCUT2D eigenvalue weighted by atomic mass is 9.93. The molecule has 1 aliphatic rings. The molecule has 0 N–H and O–H groups in total. The molecule has 0 radical (unpaired) electrons. The zero-order valence-corrected chi connectivity index (χ0v) is 22.9. The number of carbonyl (C=O) groups is 1. The van der Waals surface area contributed by atoms with E-state index in [1.165, 1.54) is 25.7 Å². The first-order valence-corrected chi connectivity index (χ1v) is 14.1. The molecule has 0 saturated heterocycles. The van der Waals surface area contributed by atoms with Crippen LogP contribution in [-0.4, -0.2) is 31.9 Å². The molecule has 8 heteroatoms. The second kappa shape index (κ2) is 9.98. The first-order valence-electron chi connectivity index (χ1n) is 13.3. The molecule has 0 amide bonds. The van der Waals surface area contributed by atoms with E-state index in [0.717, 1.165) is 44.5 Å². The molecule has 1 saturated carbocycles. The zero-order chi connectivity index (χ0) is 26.3. The van der Waals surface area contributed by atoms with Crippen LogP contribution in [0.25, 0.3) is 26.6 Å². The van der Waals surface area contributed by atoms with E-state index in [2.05, 4.69) is 36.4 Å². The fraction of sp³-hybridized carbons (Fsp3) is 0.400. The van der Waals surface area contributed by atoms with Gasteiger partial charge in [-0.25, -0.2) is 9.97 Å². The number of imidazole rings is 1.